The second kappa shape index (κ2) is 4.68. The van der Waals surface area contributed by atoms with Crippen molar-refractivity contribution in [1.29, 1.82) is 0 Å². The molecule has 3 aromatic heterocycles. The summed E-state index contributed by atoms with van der Waals surface area (Å²) < 4.78 is 0. The van der Waals surface area contributed by atoms with Crippen LogP contribution in [0.2, 0.25) is 0 Å². The third-order valence-corrected chi connectivity index (χ3v) is 4.71. The lowest BCUT2D eigenvalue weighted by Crippen LogP contribution is -1.95. The summed E-state index contributed by atoms with van der Waals surface area (Å²) in [6.07, 6.45) is 3.59. The molecule has 0 N–H and O–H groups in total. The van der Waals surface area contributed by atoms with Gasteiger partial charge in [-0.25, -0.2) is 9.97 Å². The highest BCUT2D eigenvalue weighted by molar-refractivity contribution is 6.21. The summed E-state index contributed by atoms with van der Waals surface area (Å²) in [6.45, 7) is 4.20. The number of pyridine rings is 2. The van der Waals surface area contributed by atoms with Crippen LogP contribution in [-0.2, 0) is 0 Å². The third kappa shape index (κ3) is 1.68. The molecule has 0 aliphatic carbocycles. The van der Waals surface area contributed by atoms with Gasteiger partial charge in [0.1, 0.15) is 0 Å². The van der Waals surface area contributed by atoms with Crippen LogP contribution in [0.5, 0.6) is 0 Å². The molecule has 0 unspecified atom stereocenters. The molecule has 0 saturated heterocycles. The lowest BCUT2D eigenvalue weighted by atomic mass is 10.0. The van der Waals surface area contributed by atoms with Crippen molar-refractivity contribution in [1.82, 2.24) is 19.9 Å². The molecule has 0 atom stereocenters. The van der Waals surface area contributed by atoms with Gasteiger partial charge in [0.15, 0.2) is 0 Å². The molecule has 4 nitrogen and oxygen atoms in total. The Morgan fingerprint density at radius 1 is 0.625 bits per heavy atom. The van der Waals surface area contributed by atoms with Crippen LogP contribution in [0.15, 0.2) is 48.8 Å². The number of aryl methyl sites for hydroxylation is 2. The van der Waals surface area contributed by atoms with Crippen molar-refractivity contribution in [3.05, 3.63) is 59.9 Å². The van der Waals surface area contributed by atoms with Gasteiger partial charge in [-0.3, -0.25) is 9.97 Å². The largest absolute Gasteiger partial charge is 0.254 e. The van der Waals surface area contributed by atoms with Crippen molar-refractivity contribution in [3.8, 4) is 0 Å². The van der Waals surface area contributed by atoms with Crippen molar-refractivity contribution >= 4 is 43.9 Å². The number of nitrogens with zero attached hydrogens (tertiary/aromatic N) is 4. The maximum atomic E-state index is 4.99. The molecular weight excluding hydrogens is 296 g/mol. The minimum atomic E-state index is 0.873. The summed E-state index contributed by atoms with van der Waals surface area (Å²) in [6, 6.07) is 12.1. The van der Waals surface area contributed by atoms with Crippen LogP contribution in [0, 0.1) is 13.8 Å². The standard InChI is InChI=1S/C20H14N4/c1-11-7-8-15-16(12(11)2)24-20-14-6-4-10-22-18(14)17-13(19(20)23-15)5-3-9-21-17/h3-10H,1-2H3. The van der Waals surface area contributed by atoms with E-state index in [9.17, 15) is 0 Å². The average Bonchev–Trinajstić information content (AvgIpc) is 2.64. The first-order valence-corrected chi connectivity index (χ1v) is 7.93. The topological polar surface area (TPSA) is 51.6 Å². The van der Waals surface area contributed by atoms with E-state index in [1.807, 2.05) is 30.3 Å². The van der Waals surface area contributed by atoms with Crippen molar-refractivity contribution in [2.24, 2.45) is 0 Å². The molecular formula is C20H14N4. The third-order valence-electron chi connectivity index (χ3n) is 4.71. The molecule has 0 spiro atoms. The lowest BCUT2D eigenvalue weighted by molar-refractivity contribution is 1.31. The van der Waals surface area contributed by atoms with Crippen LogP contribution in [0.25, 0.3) is 43.9 Å². The fourth-order valence-corrected chi connectivity index (χ4v) is 3.30. The summed E-state index contributed by atoms with van der Waals surface area (Å²) in [4.78, 5) is 19.0. The first-order chi connectivity index (χ1) is 11.7. The number of hydrogen-bond donors (Lipinski definition) is 0. The van der Waals surface area contributed by atoms with E-state index >= 15 is 0 Å². The smallest absolute Gasteiger partial charge is 0.0996 e. The Bertz CT molecular complexity index is 1270. The summed E-state index contributed by atoms with van der Waals surface area (Å²) in [5.74, 6) is 0. The van der Waals surface area contributed by atoms with Gasteiger partial charge in [-0.05, 0) is 55.3 Å². The first-order valence-electron chi connectivity index (χ1n) is 7.93. The lowest BCUT2D eigenvalue weighted by Gasteiger charge is -2.10. The second-order valence-corrected chi connectivity index (χ2v) is 6.10. The van der Waals surface area contributed by atoms with E-state index in [0.29, 0.717) is 0 Å². The highest BCUT2D eigenvalue weighted by atomic mass is 14.8. The summed E-state index contributed by atoms with van der Waals surface area (Å²) in [5, 5.41) is 1.99. The predicted octanol–water partition coefficient (Wildman–Crippen LogP) is 4.50. The quantitative estimate of drug-likeness (QED) is 0.312. The molecule has 0 aliphatic heterocycles. The fourth-order valence-electron chi connectivity index (χ4n) is 3.30. The van der Waals surface area contributed by atoms with Crippen molar-refractivity contribution in [2.75, 3.05) is 0 Å². The number of fused-ring (bicyclic) bond motifs is 7. The highest BCUT2D eigenvalue weighted by Gasteiger charge is 2.14. The van der Waals surface area contributed by atoms with Crippen LogP contribution in [-0.4, -0.2) is 19.9 Å². The Hall–Kier alpha value is -3.14. The molecule has 5 aromatic rings. The normalized spacial score (nSPS) is 11.8. The monoisotopic (exact) mass is 310 g/mol. The summed E-state index contributed by atoms with van der Waals surface area (Å²) in [5.41, 5.74) is 7.79. The van der Waals surface area contributed by atoms with E-state index in [2.05, 4.69) is 29.9 Å². The summed E-state index contributed by atoms with van der Waals surface area (Å²) in [7, 11) is 0. The van der Waals surface area contributed by atoms with Crippen molar-refractivity contribution in [2.45, 2.75) is 13.8 Å². The van der Waals surface area contributed by atoms with E-state index in [-0.39, 0.29) is 0 Å². The molecule has 2 aromatic carbocycles. The highest BCUT2D eigenvalue weighted by Crippen LogP contribution is 2.32. The molecule has 0 aliphatic rings. The Morgan fingerprint density at radius 3 is 1.92 bits per heavy atom. The van der Waals surface area contributed by atoms with Crippen LogP contribution < -0.4 is 0 Å². The zero-order chi connectivity index (χ0) is 16.3. The van der Waals surface area contributed by atoms with Gasteiger partial charge in [-0.15, -0.1) is 0 Å². The van der Waals surface area contributed by atoms with Gasteiger partial charge in [-0.1, -0.05) is 6.07 Å². The van der Waals surface area contributed by atoms with E-state index in [1.165, 1.54) is 11.1 Å². The Labute approximate surface area is 138 Å². The number of aromatic nitrogens is 4. The number of benzene rings is 2. The van der Waals surface area contributed by atoms with Crippen molar-refractivity contribution < 1.29 is 0 Å². The molecule has 24 heavy (non-hydrogen) atoms. The molecule has 3 heterocycles. The van der Waals surface area contributed by atoms with Gasteiger partial charge in [-0.2, -0.15) is 0 Å². The van der Waals surface area contributed by atoms with E-state index in [4.69, 9.17) is 9.97 Å². The molecule has 5 rings (SSSR count). The number of rotatable bonds is 0. The van der Waals surface area contributed by atoms with Crippen LogP contribution >= 0.6 is 0 Å². The average molecular weight is 310 g/mol. The first kappa shape index (κ1) is 13.3. The maximum absolute atomic E-state index is 4.99. The molecule has 0 saturated carbocycles. The van der Waals surface area contributed by atoms with Gasteiger partial charge >= 0.3 is 0 Å². The minimum absolute atomic E-state index is 0.873. The van der Waals surface area contributed by atoms with Crippen molar-refractivity contribution in [3.63, 3.8) is 0 Å². The molecule has 114 valence electrons. The Morgan fingerprint density at radius 2 is 1.25 bits per heavy atom. The van der Waals surface area contributed by atoms with E-state index in [1.54, 1.807) is 12.4 Å². The number of hydrogen-bond acceptors (Lipinski definition) is 4. The van der Waals surface area contributed by atoms with Gasteiger partial charge in [0.2, 0.25) is 0 Å². The van der Waals surface area contributed by atoms with Crippen LogP contribution in [0.3, 0.4) is 0 Å². The summed E-state index contributed by atoms with van der Waals surface area (Å²) >= 11 is 0. The van der Waals surface area contributed by atoms with E-state index < -0.39 is 0 Å². The molecule has 0 fully saturated rings. The molecule has 0 amide bonds. The van der Waals surface area contributed by atoms with Gasteiger partial charge < -0.3 is 0 Å². The SMILES string of the molecule is Cc1ccc2nc3c4cccnc4c4ncccc4c3nc2c1C. The van der Waals surface area contributed by atoms with Gasteiger partial charge in [0, 0.05) is 23.2 Å². The zero-order valence-electron chi connectivity index (χ0n) is 13.4. The van der Waals surface area contributed by atoms with Crippen LogP contribution in [0.4, 0.5) is 0 Å². The van der Waals surface area contributed by atoms with Gasteiger partial charge in [0.25, 0.3) is 0 Å². The molecule has 4 heteroatoms. The Kier molecular flexibility index (Phi) is 2.59. The van der Waals surface area contributed by atoms with Gasteiger partial charge in [0.05, 0.1) is 33.1 Å². The predicted molar refractivity (Wildman–Crippen MR) is 97.1 cm³/mol. The van der Waals surface area contributed by atoms with Crippen LogP contribution in [0.1, 0.15) is 11.1 Å². The second-order valence-electron chi connectivity index (χ2n) is 6.10. The fraction of sp³-hybridized carbons (Fsp3) is 0.100. The zero-order valence-corrected chi connectivity index (χ0v) is 13.4. The molecule has 0 bridgehead atoms. The maximum Gasteiger partial charge on any atom is 0.0996 e. The Balaban J connectivity index is 2.14. The molecule has 0 radical (unpaired) electrons. The minimum Gasteiger partial charge on any atom is -0.254 e. The van der Waals surface area contributed by atoms with E-state index in [0.717, 1.165) is 43.9 Å².